The van der Waals surface area contributed by atoms with Crippen LogP contribution in [-0.2, 0) is 0 Å². The molecule has 0 saturated carbocycles. The molecule has 2 aromatic heterocycles. The molecule has 0 fully saturated rings. The minimum Gasteiger partial charge on any atom is -0.463 e. The van der Waals surface area contributed by atoms with E-state index in [1.807, 2.05) is 0 Å². The first-order valence-electron chi connectivity index (χ1n) is 5.03. The van der Waals surface area contributed by atoms with Crippen molar-refractivity contribution in [2.45, 2.75) is 12.6 Å². The zero-order valence-corrected chi connectivity index (χ0v) is 9.11. The van der Waals surface area contributed by atoms with Gasteiger partial charge < -0.3 is 10.5 Å². The molecule has 0 unspecified atom stereocenters. The summed E-state index contributed by atoms with van der Waals surface area (Å²) in [5.74, 6) is 0.0719. The number of hydrogen-bond acceptors (Lipinski definition) is 5. The molecule has 5 nitrogen and oxygen atoms in total. The molecule has 0 aliphatic heterocycles. The van der Waals surface area contributed by atoms with Gasteiger partial charge >= 0.3 is 12.2 Å². The highest BCUT2D eigenvalue weighted by molar-refractivity contribution is 5.83. The lowest BCUT2D eigenvalue weighted by Gasteiger charge is -2.08. The molecule has 2 N–H and O–H groups in total. The Morgan fingerprint density at radius 3 is 2.78 bits per heavy atom. The average Bonchev–Trinajstić information content (AvgIpc) is 2.27. The van der Waals surface area contributed by atoms with Gasteiger partial charge in [0.2, 0.25) is 0 Å². The van der Waals surface area contributed by atoms with Crippen molar-refractivity contribution < 1.29 is 17.9 Å². The summed E-state index contributed by atoms with van der Waals surface area (Å²) in [5.41, 5.74) is 6.41. The minimum absolute atomic E-state index is 0.0719. The predicted molar refractivity (Wildman–Crippen MR) is 57.9 cm³/mol. The highest BCUT2D eigenvalue weighted by Crippen LogP contribution is 2.21. The Labute approximate surface area is 99.8 Å². The van der Waals surface area contributed by atoms with Gasteiger partial charge in [0.1, 0.15) is 12.1 Å². The van der Waals surface area contributed by atoms with Gasteiger partial charge in [-0.1, -0.05) is 0 Å². The quantitative estimate of drug-likeness (QED) is 0.910. The van der Waals surface area contributed by atoms with Crippen molar-refractivity contribution in [3.05, 3.63) is 18.3 Å². The van der Waals surface area contributed by atoms with Crippen LogP contribution >= 0.6 is 0 Å². The third-order valence-corrected chi connectivity index (χ3v) is 2.08. The zero-order chi connectivity index (χ0) is 13.2. The van der Waals surface area contributed by atoms with E-state index in [0.29, 0.717) is 11.0 Å². The van der Waals surface area contributed by atoms with Gasteiger partial charge in [0.05, 0.1) is 11.9 Å². The van der Waals surface area contributed by atoms with Gasteiger partial charge in [0, 0.05) is 6.20 Å². The Hall–Kier alpha value is -2.12. The molecule has 0 aromatic carbocycles. The molecule has 0 amide bonds. The van der Waals surface area contributed by atoms with Crippen molar-refractivity contribution >= 4 is 16.9 Å². The van der Waals surface area contributed by atoms with Crippen LogP contribution in [0, 0.1) is 0 Å². The summed E-state index contributed by atoms with van der Waals surface area (Å²) in [7, 11) is 0. The Morgan fingerprint density at radius 1 is 1.28 bits per heavy atom. The lowest BCUT2D eigenvalue weighted by atomic mass is 10.3. The van der Waals surface area contributed by atoms with E-state index in [9.17, 15) is 13.2 Å². The summed E-state index contributed by atoms with van der Waals surface area (Å²) in [6, 6.07) is 3.07. The molecule has 0 aliphatic rings. The van der Waals surface area contributed by atoms with E-state index in [4.69, 9.17) is 10.5 Å². The van der Waals surface area contributed by atoms with Crippen molar-refractivity contribution in [2.24, 2.45) is 0 Å². The molecule has 0 spiro atoms. The van der Waals surface area contributed by atoms with Gasteiger partial charge in [0.15, 0.2) is 5.82 Å². The van der Waals surface area contributed by atoms with E-state index in [1.54, 1.807) is 12.1 Å². The molecule has 0 saturated heterocycles. The summed E-state index contributed by atoms with van der Waals surface area (Å²) in [5, 5.41) is 0. The number of aromatic nitrogens is 3. The van der Waals surface area contributed by atoms with E-state index in [-0.39, 0.29) is 11.8 Å². The summed E-state index contributed by atoms with van der Waals surface area (Å²) in [6.45, 7) is -0.547. The Kier molecular flexibility index (Phi) is 3.17. The molecule has 2 rings (SSSR count). The predicted octanol–water partition coefficient (Wildman–Crippen LogP) is 1.94. The van der Waals surface area contributed by atoms with Gasteiger partial charge in [-0.25, -0.2) is 0 Å². The first-order chi connectivity index (χ1) is 8.46. The second-order valence-electron chi connectivity index (χ2n) is 3.48. The fourth-order valence-corrected chi connectivity index (χ4v) is 1.29. The third-order valence-electron chi connectivity index (χ3n) is 2.08. The van der Waals surface area contributed by atoms with Crippen molar-refractivity contribution in [1.29, 1.82) is 0 Å². The number of pyridine rings is 1. The molecule has 0 aliphatic carbocycles. The molecular weight excluding hydrogens is 249 g/mol. The van der Waals surface area contributed by atoms with Crippen molar-refractivity contribution in [3.63, 3.8) is 0 Å². The SMILES string of the molecule is Nc1nc(OCCC(F)(F)F)nc2cccnc12. The monoisotopic (exact) mass is 258 g/mol. The van der Waals surface area contributed by atoms with Crippen molar-refractivity contribution in [2.75, 3.05) is 12.3 Å². The number of ether oxygens (including phenoxy) is 1. The third kappa shape index (κ3) is 2.96. The van der Waals surface area contributed by atoms with Crippen LogP contribution in [0.2, 0.25) is 0 Å². The highest BCUT2D eigenvalue weighted by Gasteiger charge is 2.27. The maximum Gasteiger partial charge on any atom is 0.392 e. The maximum absolute atomic E-state index is 11.9. The second-order valence-corrected chi connectivity index (χ2v) is 3.48. The van der Waals surface area contributed by atoms with Crippen LogP contribution in [0.5, 0.6) is 6.01 Å². The molecule has 0 bridgehead atoms. The topological polar surface area (TPSA) is 73.9 Å². The van der Waals surface area contributed by atoms with E-state index in [2.05, 4.69) is 15.0 Å². The number of alkyl halides is 3. The van der Waals surface area contributed by atoms with E-state index in [1.165, 1.54) is 6.20 Å². The van der Waals surface area contributed by atoms with Crippen LogP contribution in [-0.4, -0.2) is 27.7 Å². The number of fused-ring (bicyclic) bond motifs is 1. The molecule has 2 heterocycles. The first kappa shape index (κ1) is 12.3. The highest BCUT2D eigenvalue weighted by atomic mass is 19.4. The Morgan fingerprint density at radius 2 is 2.06 bits per heavy atom. The van der Waals surface area contributed by atoms with E-state index in [0.717, 1.165) is 0 Å². The van der Waals surface area contributed by atoms with Gasteiger partial charge in [0.25, 0.3) is 0 Å². The summed E-state index contributed by atoms with van der Waals surface area (Å²) < 4.78 is 40.6. The van der Waals surface area contributed by atoms with Crippen LogP contribution in [0.1, 0.15) is 6.42 Å². The Bertz CT molecular complexity index is 558. The van der Waals surface area contributed by atoms with Gasteiger partial charge in [-0.2, -0.15) is 23.1 Å². The number of rotatable bonds is 3. The largest absolute Gasteiger partial charge is 0.463 e. The maximum atomic E-state index is 11.9. The first-order valence-corrected chi connectivity index (χ1v) is 5.03. The van der Waals surface area contributed by atoms with Crippen LogP contribution in [0.25, 0.3) is 11.0 Å². The van der Waals surface area contributed by atoms with Gasteiger partial charge in [-0.3, -0.25) is 4.98 Å². The van der Waals surface area contributed by atoms with Crippen LogP contribution in [0.15, 0.2) is 18.3 Å². The van der Waals surface area contributed by atoms with Gasteiger partial charge in [-0.15, -0.1) is 0 Å². The fourth-order valence-electron chi connectivity index (χ4n) is 1.29. The van der Waals surface area contributed by atoms with Gasteiger partial charge in [-0.05, 0) is 12.1 Å². The van der Waals surface area contributed by atoms with Crippen LogP contribution < -0.4 is 10.5 Å². The van der Waals surface area contributed by atoms with Crippen molar-refractivity contribution in [1.82, 2.24) is 15.0 Å². The molecule has 8 heteroatoms. The second kappa shape index (κ2) is 4.63. The fraction of sp³-hybridized carbons (Fsp3) is 0.300. The Balaban J connectivity index is 2.15. The number of nitrogens with zero attached hydrogens (tertiary/aromatic N) is 3. The van der Waals surface area contributed by atoms with Crippen LogP contribution in [0.4, 0.5) is 19.0 Å². The van der Waals surface area contributed by atoms with E-state index >= 15 is 0 Å². The molecule has 0 radical (unpaired) electrons. The molecule has 0 atom stereocenters. The summed E-state index contributed by atoms with van der Waals surface area (Å²) in [4.78, 5) is 11.6. The standard InChI is InChI=1S/C10H9F3N4O/c11-10(12,13)3-5-18-9-16-6-2-1-4-15-7(6)8(14)17-9/h1-2,4H,3,5H2,(H2,14,16,17). The molecular formula is C10H9F3N4O. The average molecular weight is 258 g/mol. The summed E-state index contributed by atoms with van der Waals surface area (Å²) in [6.07, 6.45) is -3.82. The minimum atomic E-state index is -4.27. The van der Waals surface area contributed by atoms with Crippen LogP contribution in [0.3, 0.4) is 0 Å². The number of hydrogen-bond donors (Lipinski definition) is 1. The zero-order valence-electron chi connectivity index (χ0n) is 9.11. The molecule has 96 valence electrons. The van der Waals surface area contributed by atoms with Crippen molar-refractivity contribution in [3.8, 4) is 6.01 Å². The number of halogens is 3. The van der Waals surface area contributed by atoms with E-state index < -0.39 is 19.2 Å². The normalized spacial score (nSPS) is 11.7. The smallest absolute Gasteiger partial charge is 0.392 e. The molecule has 18 heavy (non-hydrogen) atoms. The number of anilines is 1. The number of nitrogen functional groups attached to an aromatic ring is 1. The molecule has 2 aromatic rings. The lowest BCUT2D eigenvalue weighted by molar-refractivity contribution is -0.139. The summed E-state index contributed by atoms with van der Waals surface area (Å²) >= 11 is 0. The lowest BCUT2D eigenvalue weighted by Crippen LogP contribution is -2.14. The number of nitrogens with two attached hydrogens (primary N) is 1.